The van der Waals surface area contributed by atoms with E-state index in [2.05, 4.69) is 5.32 Å². The maximum absolute atomic E-state index is 12.5. The van der Waals surface area contributed by atoms with Crippen LogP contribution in [0.4, 0.5) is 5.69 Å². The second kappa shape index (κ2) is 8.47. The molecule has 1 fully saturated rings. The average molecular weight is 332 g/mol. The SMILES string of the molecule is CCCC(=O)N1CCCC(C(=O)Nc2cccc(CC(=O)O)c2)C1. The monoisotopic (exact) mass is 332 g/mol. The topological polar surface area (TPSA) is 86.7 Å². The summed E-state index contributed by atoms with van der Waals surface area (Å²) >= 11 is 0. The Kier molecular flexibility index (Phi) is 6.35. The van der Waals surface area contributed by atoms with E-state index in [4.69, 9.17) is 5.11 Å². The third-order valence-electron chi connectivity index (χ3n) is 4.16. The number of nitrogens with one attached hydrogen (secondary N) is 1. The molecule has 6 nitrogen and oxygen atoms in total. The molecular formula is C18H24N2O4. The predicted octanol–water partition coefficient (Wildman–Crippen LogP) is 2.29. The van der Waals surface area contributed by atoms with E-state index in [9.17, 15) is 14.4 Å². The highest BCUT2D eigenvalue weighted by molar-refractivity contribution is 5.93. The van der Waals surface area contributed by atoms with E-state index in [-0.39, 0.29) is 24.2 Å². The van der Waals surface area contributed by atoms with Crippen molar-refractivity contribution in [3.05, 3.63) is 29.8 Å². The average Bonchev–Trinajstić information content (AvgIpc) is 2.55. The van der Waals surface area contributed by atoms with Crippen LogP contribution >= 0.6 is 0 Å². The van der Waals surface area contributed by atoms with E-state index >= 15 is 0 Å². The van der Waals surface area contributed by atoms with Crippen molar-refractivity contribution in [3.63, 3.8) is 0 Å². The summed E-state index contributed by atoms with van der Waals surface area (Å²) in [7, 11) is 0. The highest BCUT2D eigenvalue weighted by atomic mass is 16.4. The number of carboxylic acid groups (broad SMARTS) is 1. The van der Waals surface area contributed by atoms with E-state index < -0.39 is 5.97 Å². The van der Waals surface area contributed by atoms with Gasteiger partial charge in [-0.2, -0.15) is 0 Å². The fourth-order valence-electron chi connectivity index (χ4n) is 2.97. The van der Waals surface area contributed by atoms with E-state index in [1.165, 1.54) is 0 Å². The summed E-state index contributed by atoms with van der Waals surface area (Å²) in [5.41, 5.74) is 1.24. The zero-order valence-corrected chi connectivity index (χ0v) is 14.0. The predicted molar refractivity (Wildman–Crippen MR) is 90.6 cm³/mol. The molecule has 0 radical (unpaired) electrons. The largest absolute Gasteiger partial charge is 0.481 e. The van der Waals surface area contributed by atoms with Crippen LogP contribution in [0.1, 0.15) is 38.2 Å². The summed E-state index contributed by atoms with van der Waals surface area (Å²) in [6.07, 6.45) is 2.84. The van der Waals surface area contributed by atoms with Crippen molar-refractivity contribution in [2.24, 2.45) is 5.92 Å². The molecule has 2 rings (SSSR count). The van der Waals surface area contributed by atoms with Crippen LogP contribution in [0.3, 0.4) is 0 Å². The third-order valence-corrected chi connectivity index (χ3v) is 4.16. The number of aliphatic carboxylic acids is 1. The summed E-state index contributed by atoms with van der Waals surface area (Å²) in [4.78, 5) is 37.0. The van der Waals surface area contributed by atoms with Gasteiger partial charge in [-0.25, -0.2) is 0 Å². The Labute approximate surface area is 141 Å². The van der Waals surface area contributed by atoms with Gasteiger partial charge in [0.05, 0.1) is 12.3 Å². The van der Waals surface area contributed by atoms with Crippen LogP contribution < -0.4 is 5.32 Å². The molecule has 0 aromatic heterocycles. The van der Waals surface area contributed by atoms with Gasteiger partial charge in [0.25, 0.3) is 0 Å². The first-order chi connectivity index (χ1) is 11.5. The second-order valence-electron chi connectivity index (χ2n) is 6.19. The van der Waals surface area contributed by atoms with E-state index in [1.54, 1.807) is 29.2 Å². The number of carbonyl (C=O) groups excluding carboxylic acids is 2. The minimum atomic E-state index is -0.907. The Morgan fingerprint density at radius 1 is 1.33 bits per heavy atom. The number of rotatable bonds is 6. The normalized spacial score (nSPS) is 17.4. The third kappa shape index (κ3) is 5.08. The number of hydrogen-bond acceptors (Lipinski definition) is 3. The van der Waals surface area contributed by atoms with Gasteiger partial charge in [0.2, 0.25) is 11.8 Å². The molecule has 0 bridgehead atoms. The summed E-state index contributed by atoms with van der Waals surface area (Å²) in [6, 6.07) is 6.86. The number of benzene rings is 1. The second-order valence-corrected chi connectivity index (χ2v) is 6.19. The lowest BCUT2D eigenvalue weighted by Gasteiger charge is -2.32. The lowest BCUT2D eigenvalue weighted by Crippen LogP contribution is -2.43. The Morgan fingerprint density at radius 2 is 2.12 bits per heavy atom. The number of hydrogen-bond donors (Lipinski definition) is 2. The fourth-order valence-corrected chi connectivity index (χ4v) is 2.97. The van der Waals surface area contributed by atoms with Crippen LogP contribution in [-0.4, -0.2) is 40.9 Å². The molecule has 0 saturated carbocycles. The van der Waals surface area contributed by atoms with Crippen LogP contribution in [0, 0.1) is 5.92 Å². The number of piperidine rings is 1. The minimum absolute atomic E-state index is 0.0769. The highest BCUT2D eigenvalue weighted by Crippen LogP contribution is 2.20. The Morgan fingerprint density at radius 3 is 2.83 bits per heavy atom. The van der Waals surface area contributed by atoms with Crippen LogP contribution in [0.5, 0.6) is 0 Å². The van der Waals surface area contributed by atoms with Gasteiger partial charge in [-0.1, -0.05) is 19.1 Å². The van der Waals surface area contributed by atoms with Crippen LogP contribution in [-0.2, 0) is 20.8 Å². The smallest absolute Gasteiger partial charge is 0.307 e. The fraction of sp³-hybridized carbons (Fsp3) is 0.500. The Bertz CT molecular complexity index is 615. The van der Waals surface area contributed by atoms with Gasteiger partial charge in [-0.05, 0) is 37.0 Å². The number of likely N-dealkylation sites (tertiary alicyclic amines) is 1. The first-order valence-corrected chi connectivity index (χ1v) is 8.39. The van der Waals surface area contributed by atoms with Crippen LogP contribution in [0.25, 0.3) is 0 Å². The lowest BCUT2D eigenvalue weighted by atomic mass is 9.96. The highest BCUT2D eigenvalue weighted by Gasteiger charge is 2.28. The van der Waals surface area contributed by atoms with Gasteiger partial charge in [0.15, 0.2) is 0 Å². The van der Waals surface area contributed by atoms with Gasteiger partial charge >= 0.3 is 5.97 Å². The zero-order valence-electron chi connectivity index (χ0n) is 14.0. The first-order valence-electron chi connectivity index (χ1n) is 8.39. The summed E-state index contributed by atoms with van der Waals surface area (Å²) in [6.45, 7) is 3.15. The molecule has 1 atom stereocenters. The maximum atomic E-state index is 12.5. The molecule has 1 aromatic carbocycles. The van der Waals surface area contributed by atoms with Crippen molar-refractivity contribution in [2.75, 3.05) is 18.4 Å². The van der Waals surface area contributed by atoms with Crippen molar-refractivity contribution in [2.45, 2.75) is 39.0 Å². The van der Waals surface area contributed by atoms with Gasteiger partial charge < -0.3 is 15.3 Å². The molecule has 1 aromatic rings. The molecule has 1 aliphatic heterocycles. The van der Waals surface area contributed by atoms with Crippen molar-refractivity contribution >= 4 is 23.5 Å². The van der Waals surface area contributed by atoms with Gasteiger partial charge in [-0.3, -0.25) is 14.4 Å². The van der Waals surface area contributed by atoms with Crippen LogP contribution in [0.15, 0.2) is 24.3 Å². The van der Waals surface area contributed by atoms with E-state index in [0.717, 1.165) is 25.8 Å². The standard InChI is InChI=1S/C18H24N2O4/c1-2-5-16(21)20-9-4-7-14(12-20)18(24)19-15-8-3-6-13(10-15)11-17(22)23/h3,6,8,10,14H,2,4-5,7,9,11-12H2,1H3,(H,19,24)(H,22,23). The molecule has 0 aliphatic carbocycles. The zero-order chi connectivity index (χ0) is 17.5. The lowest BCUT2D eigenvalue weighted by molar-refractivity contribution is -0.136. The van der Waals surface area contributed by atoms with Gasteiger partial charge in [-0.15, -0.1) is 0 Å². The van der Waals surface area contributed by atoms with Crippen LogP contribution in [0.2, 0.25) is 0 Å². The molecule has 130 valence electrons. The van der Waals surface area contributed by atoms with Gasteiger partial charge in [0, 0.05) is 25.2 Å². The molecule has 2 N–H and O–H groups in total. The van der Waals surface area contributed by atoms with E-state index in [0.29, 0.717) is 24.2 Å². The molecule has 1 saturated heterocycles. The number of nitrogens with zero attached hydrogens (tertiary/aromatic N) is 1. The molecule has 6 heteroatoms. The Hall–Kier alpha value is -2.37. The molecule has 24 heavy (non-hydrogen) atoms. The molecule has 2 amide bonds. The molecule has 0 spiro atoms. The van der Waals surface area contributed by atoms with Crippen molar-refractivity contribution < 1.29 is 19.5 Å². The number of carbonyl (C=O) groups is 3. The first kappa shape index (κ1) is 18.0. The van der Waals surface area contributed by atoms with Gasteiger partial charge in [0.1, 0.15) is 0 Å². The Balaban J connectivity index is 1.96. The summed E-state index contributed by atoms with van der Waals surface area (Å²) in [5, 5.41) is 11.7. The molecule has 1 aliphatic rings. The van der Waals surface area contributed by atoms with Crippen molar-refractivity contribution in [1.29, 1.82) is 0 Å². The van der Waals surface area contributed by atoms with E-state index in [1.807, 2.05) is 6.92 Å². The van der Waals surface area contributed by atoms with Crippen molar-refractivity contribution in [3.8, 4) is 0 Å². The molecule has 1 heterocycles. The summed E-state index contributed by atoms with van der Waals surface area (Å²) < 4.78 is 0. The number of carboxylic acids is 1. The maximum Gasteiger partial charge on any atom is 0.307 e. The van der Waals surface area contributed by atoms with Crippen molar-refractivity contribution in [1.82, 2.24) is 4.90 Å². The quantitative estimate of drug-likeness (QED) is 0.837. The summed E-state index contributed by atoms with van der Waals surface area (Å²) in [5.74, 6) is -1.13. The number of anilines is 1. The number of amides is 2. The molecular weight excluding hydrogens is 308 g/mol. The molecule has 1 unspecified atom stereocenters. The minimum Gasteiger partial charge on any atom is -0.481 e.